The number of benzene rings is 2. The second-order valence-electron chi connectivity index (χ2n) is 6.60. The normalized spacial score (nSPS) is 18.4. The first-order valence-corrected chi connectivity index (χ1v) is 8.87. The second kappa shape index (κ2) is 8.36. The lowest BCUT2D eigenvalue weighted by atomic mass is 9.92. The maximum absolute atomic E-state index is 12.9. The van der Waals surface area contributed by atoms with Crippen LogP contribution in [-0.2, 0) is 15.1 Å². The molecule has 2 aromatic carbocycles. The van der Waals surface area contributed by atoms with Crippen LogP contribution in [0.1, 0.15) is 12.5 Å². The van der Waals surface area contributed by atoms with Gasteiger partial charge in [0.25, 0.3) is 5.91 Å². The Morgan fingerprint density at radius 2 is 1.83 bits per heavy atom. The minimum atomic E-state index is -2.98. The van der Waals surface area contributed by atoms with Crippen LogP contribution < -0.4 is 20.1 Å². The standard InChI is InChI=1S/C20H19F2N3O5/c1-20(12-7-9-13(10-8-12)30-18(21)22)17(27)25(19(28)24-20)11-16(26)23-14-5-3-4-6-15(14)29-2/h3-10,18H,11H2,1-2H3,(H,23,26)(H,24,28)/t20-/m1/s1. The molecule has 2 aromatic rings. The van der Waals surface area contributed by atoms with Crippen molar-refractivity contribution in [1.82, 2.24) is 10.2 Å². The number of hydrogen-bond donors (Lipinski definition) is 2. The van der Waals surface area contributed by atoms with Crippen molar-refractivity contribution in [2.24, 2.45) is 0 Å². The van der Waals surface area contributed by atoms with Crippen LogP contribution in [0.3, 0.4) is 0 Å². The largest absolute Gasteiger partial charge is 0.495 e. The maximum atomic E-state index is 12.9. The minimum Gasteiger partial charge on any atom is -0.495 e. The number of halogens is 2. The number of nitrogens with zero attached hydrogens (tertiary/aromatic N) is 1. The summed E-state index contributed by atoms with van der Waals surface area (Å²) in [5.41, 5.74) is -0.699. The molecular weight excluding hydrogens is 400 g/mol. The van der Waals surface area contributed by atoms with E-state index in [9.17, 15) is 23.2 Å². The molecule has 0 radical (unpaired) electrons. The molecule has 1 fully saturated rings. The Kier molecular flexibility index (Phi) is 5.86. The molecule has 4 amide bonds. The Labute approximate surface area is 170 Å². The van der Waals surface area contributed by atoms with Gasteiger partial charge in [0.1, 0.15) is 23.6 Å². The predicted octanol–water partition coefficient (Wildman–Crippen LogP) is 2.70. The van der Waals surface area contributed by atoms with Gasteiger partial charge in [-0.15, -0.1) is 0 Å². The molecule has 2 N–H and O–H groups in total. The summed E-state index contributed by atoms with van der Waals surface area (Å²) in [5, 5.41) is 5.14. The van der Waals surface area contributed by atoms with E-state index in [-0.39, 0.29) is 5.75 Å². The molecule has 1 atom stereocenters. The maximum Gasteiger partial charge on any atom is 0.387 e. The third kappa shape index (κ3) is 4.17. The number of carbonyl (C=O) groups is 3. The zero-order valence-corrected chi connectivity index (χ0v) is 16.1. The molecular formula is C20H19F2N3O5. The molecule has 10 heteroatoms. The third-order valence-corrected chi connectivity index (χ3v) is 4.61. The van der Waals surface area contributed by atoms with Crippen LogP contribution in [-0.4, -0.2) is 43.0 Å². The zero-order chi connectivity index (χ0) is 21.9. The Balaban J connectivity index is 1.73. The van der Waals surface area contributed by atoms with Gasteiger partial charge in [-0.3, -0.25) is 14.5 Å². The highest BCUT2D eigenvalue weighted by atomic mass is 19.3. The number of imide groups is 1. The number of rotatable bonds is 7. The van der Waals surface area contributed by atoms with Gasteiger partial charge in [-0.05, 0) is 36.8 Å². The molecule has 0 bridgehead atoms. The summed E-state index contributed by atoms with van der Waals surface area (Å²) >= 11 is 0. The first kappa shape index (κ1) is 21.0. The number of nitrogens with one attached hydrogen (secondary N) is 2. The van der Waals surface area contributed by atoms with E-state index in [4.69, 9.17) is 4.74 Å². The fraction of sp³-hybridized carbons (Fsp3) is 0.250. The molecule has 1 saturated heterocycles. The van der Waals surface area contributed by atoms with Gasteiger partial charge < -0.3 is 20.1 Å². The van der Waals surface area contributed by atoms with Crippen molar-refractivity contribution < 1.29 is 32.6 Å². The van der Waals surface area contributed by atoms with Crippen molar-refractivity contribution in [3.8, 4) is 11.5 Å². The van der Waals surface area contributed by atoms with Crippen LogP contribution in [0.15, 0.2) is 48.5 Å². The molecule has 158 valence electrons. The topological polar surface area (TPSA) is 97.0 Å². The fourth-order valence-corrected chi connectivity index (χ4v) is 3.09. The Bertz CT molecular complexity index is 967. The first-order valence-electron chi connectivity index (χ1n) is 8.87. The van der Waals surface area contributed by atoms with E-state index >= 15 is 0 Å². The summed E-state index contributed by atoms with van der Waals surface area (Å²) in [5.74, 6) is -0.890. The van der Waals surface area contributed by atoms with Crippen molar-refractivity contribution in [2.75, 3.05) is 19.0 Å². The van der Waals surface area contributed by atoms with Crippen molar-refractivity contribution in [3.63, 3.8) is 0 Å². The summed E-state index contributed by atoms with van der Waals surface area (Å²) in [6.07, 6.45) is 0. The van der Waals surface area contributed by atoms with E-state index in [1.165, 1.54) is 38.3 Å². The van der Waals surface area contributed by atoms with Crippen LogP contribution in [0.25, 0.3) is 0 Å². The van der Waals surface area contributed by atoms with E-state index in [0.717, 1.165) is 4.90 Å². The molecule has 0 spiro atoms. The number of hydrogen-bond acceptors (Lipinski definition) is 5. The Hall–Kier alpha value is -3.69. The summed E-state index contributed by atoms with van der Waals surface area (Å²) in [7, 11) is 1.45. The summed E-state index contributed by atoms with van der Waals surface area (Å²) in [4.78, 5) is 38.4. The molecule has 0 aromatic heterocycles. The van der Waals surface area contributed by atoms with Crippen LogP contribution in [0, 0.1) is 0 Å². The Morgan fingerprint density at radius 3 is 2.47 bits per heavy atom. The van der Waals surface area contributed by atoms with E-state index in [2.05, 4.69) is 15.4 Å². The van der Waals surface area contributed by atoms with Crippen LogP contribution in [0.2, 0.25) is 0 Å². The zero-order valence-electron chi connectivity index (χ0n) is 16.1. The average molecular weight is 419 g/mol. The number of carbonyl (C=O) groups excluding carboxylic acids is 3. The van der Waals surface area contributed by atoms with E-state index in [0.29, 0.717) is 17.0 Å². The summed E-state index contributed by atoms with van der Waals surface area (Å²) in [6, 6.07) is 11.3. The Morgan fingerprint density at radius 1 is 1.17 bits per heavy atom. The van der Waals surface area contributed by atoms with Gasteiger partial charge in [-0.2, -0.15) is 8.78 Å². The molecule has 1 heterocycles. The molecule has 1 aliphatic heterocycles. The average Bonchev–Trinajstić information content (AvgIpc) is 2.92. The lowest BCUT2D eigenvalue weighted by Crippen LogP contribution is -2.42. The number of amides is 4. The number of alkyl halides is 2. The number of urea groups is 1. The molecule has 0 aliphatic carbocycles. The minimum absolute atomic E-state index is 0.0813. The lowest BCUT2D eigenvalue weighted by molar-refractivity contribution is -0.133. The highest BCUT2D eigenvalue weighted by Gasteiger charge is 2.49. The van der Waals surface area contributed by atoms with E-state index in [1.54, 1.807) is 24.3 Å². The summed E-state index contributed by atoms with van der Waals surface area (Å²) in [6.45, 7) is -2.02. The predicted molar refractivity (Wildman–Crippen MR) is 102 cm³/mol. The van der Waals surface area contributed by atoms with E-state index < -0.39 is 36.5 Å². The number of para-hydroxylation sites is 2. The molecule has 0 saturated carbocycles. The van der Waals surface area contributed by atoms with Crippen molar-refractivity contribution in [3.05, 3.63) is 54.1 Å². The first-order chi connectivity index (χ1) is 14.2. The smallest absolute Gasteiger partial charge is 0.387 e. The summed E-state index contributed by atoms with van der Waals surface area (Å²) < 4.78 is 34.0. The van der Waals surface area contributed by atoms with Gasteiger partial charge in [0.2, 0.25) is 5.91 Å². The van der Waals surface area contributed by atoms with Crippen LogP contribution in [0.4, 0.5) is 19.3 Å². The number of methoxy groups -OCH3 is 1. The monoisotopic (exact) mass is 419 g/mol. The quantitative estimate of drug-likeness (QED) is 0.673. The van der Waals surface area contributed by atoms with Gasteiger partial charge in [0.05, 0.1) is 12.8 Å². The molecule has 3 rings (SSSR count). The van der Waals surface area contributed by atoms with E-state index in [1.807, 2.05) is 0 Å². The van der Waals surface area contributed by atoms with Crippen LogP contribution >= 0.6 is 0 Å². The van der Waals surface area contributed by atoms with Crippen molar-refractivity contribution >= 4 is 23.5 Å². The molecule has 30 heavy (non-hydrogen) atoms. The van der Waals surface area contributed by atoms with Gasteiger partial charge in [-0.1, -0.05) is 24.3 Å². The number of anilines is 1. The molecule has 0 unspecified atom stereocenters. The lowest BCUT2D eigenvalue weighted by Gasteiger charge is -2.22. The molecule has 8 nitrogen and oxygen atoms in total. The molecule has 1 aliphatic rings. The van der Waals surface area contributed by atoms with Gasteiger partial charge >= 0.3 is 12.6 Å². The third-order valence-electron chi connectivity index (χ3n) is 4.61. The van der Waals surface area contributed by atoms with Crippen molar-refractivity contribution in [1.29, 1.82) is 0 Å². The van der Waals surface area contributed by atoms with Gasteiger partial charge in [0, 0.05) is 0 Å². The number of ether oxygens (including phenoxy) is 2. The van der Waals surface area contributed by atoms with Crippen LogP contribution in [0.5, 0.6) is 11.5 Å². The van der Waals surface area contributed by atoms with Crippen molar-refractivity contribution in [2.45, 2.75) is 19.1 Å². The van der Waals surface area contributed by atoms with Gasteiger partial charge in [0.15, 0.2) is 0 Å². The second-order valence-corrected chi connectivity index (χ2v) is 6.60. The SMILES string of the molecule is COc1ccccc1NC(=O)CN1C(=O)N[C@](C)(c2ccc(OC(F)F)cc2)C1=O. The highest BCUT2D eigenvalue weighted by molar-refractivity contribution is 6.10. The highest BCUT2D eigenvalue weighted by Crippen LogP contribution is 2.30. The van der Waals surface area contributed by atoms with Gasteiger partial charge in [-0.25, -0.2) is 4.79 Å². The fourth-order valence-electron chi connectivity index (χ4n) is 3.09.